The summed E-state index contributed by atoms with van der Waals surface area (Å²) in [6.07, 6.45) is 1.63. The molecule has 0 radical (unpaired) electrons. The number of imidazole rings is 1. The van der Waals surface area contributed by atoms with Gasteiger partial charge in [0, 0.05) is 13.2 Å². The van der Waals surface area contributed by atoms with Gasteiger partial charge >= 0.3 is 6.03 Å². The molecule has 0 atom stereocenters. The van der Waals surface area contributed by atoms with E-state index in [-0.39, 0.29) is 6.03 Å². The van der Waals surface area contributed by atoms with Crippen molar-refractivity contribution in [3.05, 3.63) is 54.5 Å². The number of nitrogens with zero attached hydrogens (tertiary/aromatic N) is 3. The summed E-state index contributed by atoms with van der Waals surface area (Å²) in [6, 6.07) is 12.9. The van der Waals surface area contributed by atoms with Crippen molar-refractivity contribution in [3.63, 3.8) is 0 Å². The van der Waals surface area contributed by atoms with E-state index in [2.05, 4.69) is 20.3 Å². The zero-order valence-electron chi connectivity index (χ0n) is 11.6. The first-order chi connectivity index (χ1) is 10.2. The number of benzene rings is 1. The normalized spacial score (nSPS) is 10.5. The Bertz CT molecular complexity index is 720. The molecule has 3 aromatic rings. The highest BCUT2D eigenvalue weighted by Crippen LogP contribution is 2.11. The molecule has 2 heterocycles. The summed E-state index contributed by atoms with van der Waals surface area (Å²) in [5.41, 5.74) is 1.86. The van der Waals surface area contributed by atoms with E-state index >= 15 is 0 Å². The minimum Gasteiger partial charge on any atom is -0.340 e. The molecule has 21 heavy (non-hydrogen) atoms. The van der Waals surface area contributed by atoms with Crippen LogP contribution in [0.2, 0.25) is 0 Å². The Hall–Kier alpha value is -2.89. The first-order valence-electron chi connectivity index (χ1n) is 6.59. The average molecular weight is 281 g/mol. The van der Waals surface area contributed by atoms with Crippen LogP contribution in [0.15, 0.2) is 48.7 Å². The van der Waals surface area contributed by atoms with Crippen molar-refractivity contribution in [1.82, 2.24) is 19.9 Å². The van der Waals surface area contributed by atoms with Crippen LogP contribution in [0.1, 0.15) is 5.82 Å². The van der Waals surface area contributed by atoms with Gasteiger partial charge in [-0.15, -0.1) is 0 Å². The zero-order chi connectivity index (χ0) is 14.7. The molecule has 6 nitrogen and oxygen atoms in total. The predicted molar refractivity (Wildman–Crippen MR) is 80.8 cm³/mol. The standard InChI is InChI=1S/C15H15N5O/c1-20(15(21)19-13-8-4-5-9-16-13)10-14-17-11-6-2-3-7-12(11)18-14/h2-9H,10H2,1H3,(H,17,18)(H,16,19,21). The number of aromatic nitrogens is 3. The molecule has 2 N–H and O–H groups in total. The summed E-state index contributed by atoms with van der Waals surface area (Å²) in [5.74, 6) is 1.27. The Labute approximate surface area is 121 Å². The second-order valence-corrected chi connectivity index (χ2v) is 4.70. The zero-order valence-corrected chi connectivity index (χ0v) is 11.6. The van der Waals surface area contributed by atoms with Gasteiger partial charge in [0.2, 0.25) is 0 Å². The molecule has 0 bridgehead atoms. The number of carbonyl (C=O) groups excluding carboxylic acids is 1. The van der Waals surface area contributed by atoms with E-state index in [0.29, 0.717) is 12.4 Å². The maximum Gasteiger partial charge on any atom is 0.323 e. The first-order valence-corrected chi connectivity index (χ1v) is 6.59. The molecule has 0 aliphatic rings. The van der Waals surface area contributed by atoms with Crippen LogP contribution >= 0.6 is 0 Å². The number of para-hydroxylation sites is 2. The van der Waals surface area contributed by atoms with Crippen molar-refractivity contribution in [2.24, 2.45) is 0 Å². The Morgan fingerprint density at radius 1 is 1.24 bits per heavy atom. The summed E-state index contributed by atoms with van der Waals surface area (Å²) < 4.78 is 0. The molecule has 0 saturated heterocycles. The summed E-state index contributed by atoms with van der Waals surface area (Å²) >= 11 is 0. The summed E-state index contributed by atoms with van der Waals surface area (Å²) in [7, 11) is 1.71. The summed E-state index contributed by atoms with van der Waals surface area (Å²) in [4.78, 5) is 25.3. The quantitative estimate of drug-likeness (QED) is 0.775. The fourth-order valence-corrected chi connectivity index (χ4v) is 2.02. The third kappa shape index (κ3) is 3.00. The number of hydrogen-bond donors (Lipinski definition) is 2. The van der Waals surface area contributed by atoms with E-state index in [9.17, 15) is 4.79 Å². The number of H-pyrrole nitrogens is 1. The van der Waals surface area contributed by atoms with Crippen molar-refractivity contribution in [1.29, 1.82) is 0 Å². The third-order valence-corrected chi connectivity index (χ3v) is 3.07. The van der Waals surface area contributed by atoms with E-state index in [4.69, 9.17) is 0 Å². The smallest absolute Gasteiger partial charge is 0.323 e. The van der Waals surface area contributed by atoms with Gasteiger partial charge in [-0.05, 0) is 24.3 Å². The first kappa shape index (κ1) is 13.1. The third-order valence-electron chi connectivity index (χ3n) is 3.07. The molecule has 0 spiro atoms. The molecular formula is C15H15N5O. The van der Waals surface area contributed by atoms with Gasteiger partial charge in [0.05, 0.1) is 17.6 Å². The van der Waals surface area contributed by atoms with Gasteiger partial charge in [0.1, 0.15) is 11.6 Å². The molecule has 1 aromatic carbocycles. The SMILES string of the molecule is CN(Cc1nc2ccccc2[nH]1)C(=O)Nc1ccccn1. The summed E-state index contributed by atoms with van der Waals surface area (Å²) in [5, 5.41) is 2.73. The van der Waals surface area contributed by atoms with Crippen LogP contribution in [0.25, 0.3) is 11.0 Å². The molecule has 2 aromatic heterocycles. The molecule has 106 valence electrons. The molecule has 0 aliphatic heterocycles. The Balaban J connectivity index is 1.67. The van der Waals surface area contributed by atoms with Crippen molar-refractivity contribution < 1.29 is 4.79 Å². The minimum absolute atomic E-state index is 0.228. The minimum atomic E-state index is -0.228. The van der Waals surface area contributed by atoms with Crippen LogP contribution in [0.4, 0.5) is 10.6 Å². The fourth-order valence-electron chi connectivity index (χ4n) is 2.02. The lowest BCUT2D eigenvalue weighted by Crippen LogP contribution is -2.31. The van der Waals surface area contributed by atoms with Gasteiger partial charge in [-0.1, -0.05) is 18.2 Å². The van der Waals surface area contributed by atoms with Crippen molar-refractivity contribution in [3.8, 4) is 0 Å². The monoisotopic (exact) mass is 281 g/mol. The Morgan fingerprint density at radius 2 is 2.05 bits per heavy atom. The maximum absolute atomic E-state index is 12.1. The van der Waals surface area contributed by atoms with E-state index in [1.54, 1.807) is 30.3 Å². The van der Waals surface area contributed by atoms with Crippen molar-refractivity contribution >= 4 is 22.9 Å². The van der Waals surface area contributed by atoms with Crippen LogP contribution < -0.4 is 5.32 Å². The second kappa shape index (κ2) is 5.62. The lowest BCUT2D eigenvalue weighted by molar-refractivity contribution is 0.219. The van der Waals surface area contributed by atoms with E-state index in [1.165, 1.54) is 0 Å². The molecule has 0 saturated carbocycles. The number of fused-ring (bicyclic) bond motifs is 1. The highest BCUT2D eigenvalue weighted by atomic mass is 16.2. The van der Waals surface area contributed by atoms with Gasteiger partial charge in [0.25, 0.3) is 0 Å². The number of amides is 2. The van der Waals surface area contributed by atoms with Gasteiger partial charge in [-0.2, -0.15) is 0 Å². The fraction of sp³-hybridized carbons (Fsp3) is 0.133. The van der Waals surface area contributed by atoms with Crippen molar-refractivity contribution in [2.45, 2.75) is 6.54 Å². The van der Waals surface area contributed by atoms with Crippen LogP contribution in [-0.4, -0.2) is 32.9 Å². The van der Waals surface area contributed by atoms with Gasteiger partial charge in [-0.25, -0.2) is 14.8 Å². The van der Waals surface area contributed by atoms with Crippen LogP contribution in [0, 0.1) is 0 Å². The van der Waals surface area contributed by atoms with Crippen LogP contribution in [-0.2, 0) is 6.54 Å². The highest BCUT2D eigenvalue weighted by molar-refractivity contribution is 5.88. The van der Waals surface area contributed by atoms with Gasteiger partial charge in [0.15, 0.2) is 0 Å². The molecule has 0 unspecified atom stereocenters. The van der Waals surface area contributed by atoms with E-state index in [1.807, 2.05) is 30.3 Å². The van der Waals surface area contributed by atoms with Crippen LogP contribution in [0.3, 0.4) is 0 Å². The maximum atomic E-state index is 12.1. The number of pyridine rings is 1. The largest absolute Gasteiger partial charge is 0.340 e. The van der Waals surface area contributed by atoms with Gasteiger partial charge in [-0.3, -0.25) is 5.32 Å². The molecule has 2 amide bonds. The van der Waals surface area contributed by atoms with E-state index in [0.717, 1.165) is 16.9 Å². The van der Waals surface area contributed by atoms with Gasteiger partial charge < -0.3 is 9.88 Å². The number of urea groups is 1. The summed E-state index contributed by atoms with van der Waals surface area (Å²) in [6.45, 7) is 0.396. The topological polar surface area (TPSA) is 73.9 Å². The highest BCUT2D eigenvalue weighted by Gasteiger charge is 2.12. The number of nitrogens with one attached hydrogen (secondary N) is 2. The Morgan fingerprint density at radius 3 is 2.81 bits per heavy atom. The lowest BCUT2D eigenvalue weighted by Gasteiger charge is -2.16. The van der Waals surface area contributed by atoms with Crippen molar-refractivity contribution in [2.75, 3.05) is 12.4 Å². The molecular weight excluding hydrogens is 266 g/mol. The number of anilines is 1. The number of rotatable bonds is 3. The predicted octanol–water partition coefficient (Wildman–Crippen LogP) is 2.62. The van der Waals surface area contributed by atoms with E-state index < -0.39 is 0 Å². The lowest BCUT2D eigenvalue weighted by atomic mass is 10.3. The molecule has 3 rings (SSSR count). The molecule has 0 aliphatic carbocycles. The molecule has 0 fully saturated rings. The Kier molecular flexibility index (Phi) is 3.51. The van der Waals surface area contributed by atoms with Crippen LogP contribution in [0.5, 0.6) is 0 Å². The molecule has 6 heteroatoms. The number of carbonyl (C=O) groups is 1. The number of aromatic amines is 1. The second-order valence-electron chi connectivity index (χ2n) is 4.70. The number of hydrogen-bond acceptors (Lipinski definition) is 3. The average Bonchev–Trinajstić information content (AvgIpc) is 2.90.